The quantitative estimate of drug-likeness (QED) is 0.552. The molecule has 0 saturated heterocycles. The van der Waals surface area contributed by atoms with E-state index < -0.39 is 15.8 Å². The molecule has 2 aromatic heterocycles. The standard InChI is InChI=1S/C19H16FN3O2S2/c1-21-10-13-8-18(15-4-2-3-5-16(15)20)23(11-13)27(24,25)14-6-7-19-17(9-14)22-12-26-19/h2-9,11-12,21H,10H2,1H3. The number of hydrogen-bond acceptors (Lipinski definition) is 5. The van der Waals surface area contributed by atoms with Gasteiger partial charge >= 0.3 is 0 Å². The molecule has 1 N–H and O–H groups in total. The zero-order chi connectivity index (χ0) is 19.0. The summed E-state index contributed by atoms with van der Waals surface area (Å²) in [6.45, 7) is 0.467. The number of hydrogen-bond donors (Lipinski definition) is 1. The molecule has 27 heavy (non-hydrogen) atoms. The van der Waals surface area contributed by atoms with Crippen LogP contribution in [-0.4, -0.2) is 24.4 Å². The van der Waals surface area contributed by atoms with Crippen LogP contribution >= 0.6 is 11.3 Å². The average Bonchev–Trinajstić information content (AvgIpc) is 3.29. The van der Waals surface area contributed by atoms with E-state index in [1.807, 2.05) is 0 Å². The lowest BCUT2D eigenvalue weighted by atomic mass is 10.1. The fourth-order valence-electron chi connectivity index (χ4n) is 2.97. The summed E-state index contributed by atoms with van der Waals surface area (Å²) in [4.78, 5) is 4.31. The molecule has 4 aromatic rings. The van der Waals surface area contributed by atoms with Gasteiger partial charge in [-0.15, -0.1) is 11.3 Å². The van der Waals surface area contributed by atoms with E-state index in [1.165, 1.54) is 23.6 Å². The molecule has 8 heteroatoms. The van der Waals surface area contributed by atoms with Crippen molar-refractivity contribution in [3.8, 4) is 11.3 Å². The van der Waals surface area contributed by atoms with E-state index in [2.05, 4.69) is 10.3 Å². The summed E-state index contributed by atoms with van der Waals surface area (Å²) in [7, 11) is -2.15. The third kappa shape index (κ3) is 3.16. The van der Waals surface area contributed by atoms with Gasteiger partial charge in [-0.2, -0.15) is 0 Å². The minimum Gasteiger partial charge on any atom is -0.316 e. The van der Waals surface area contributed by atoms with Crippen molar-refractivity contribution in [2.75, 3.05) is 7.05 Å². The monoisotopic (exact) mass is 401 g/mol. The molecule has 0 radical (unpaired) electrons. The van der Waals surface area contributed by atoms with Crippen molar-refractivity contribution in [1.82, 2.24) is 14.3 Å². The molecule has 5 nitrogen and oxygen atoms in total. The first kappa shape index (κ1) is 17.8. The molecule has 0 aliphatic rings. The summed E-state index contributed by atoms with van der Waals surface area (Å²) in [5.74, 6) is -0.474. The van der Waals surface area contributed by atoms with Gasteiger partial charge in [0.1, 0.15) is 5.82 Å². The third-order valence-corrected chi connectivity index (χ3v) is 6.71. The fourth-order valence-corrected chi connectivity index (χ4v) is 5.04. The lowest BCUT2D eigenvalue weighted by Crippen LogP contribution is -2.13. The molecule has 0 unspecified atom stereocenters. The third-order valence-electron chi connectivity index (χ3n) is 4.23. The fraction of sp³-hybridized carbons (Fsp3) is 0.105. The molecule has 4 rings (SSSR count). The Labute approximate surface area is 160 Å². The second-order valence-electron chi connectivity index (χ2n) is 6.03. The van der Waals surface area contributed by atoms with Gasteiger partial charge in [0.25, 0.3) is 10.0 Å². The smallest absolute Gasteiger partial charge is 0.268 e. The summed E-state index contributed by atoms with van der Waals surface area (Å²) >= 11 is 1.44. The zero-order valence-corrected chi connectivity index (χ0v) is 16.0. The highest BCUT2D eigenvalue weighted by Crippen LogP contribution is 2.30. The van der Waals surface area contributed by atoms with E-state index in [4.69, 9.17) is 0 Å². The first-order chi connectivity index (χ1) is 13.0. The van der Waals surface area contributed by atoms with Gasteiger partial charge in [0.05, 0.1) is 26.3 Å². The number of benzene rings is 2. The van der Waals surface area contributed by atoms with Gasteiger partial charge in [-0.3, -0.25) is 0 Å². The molecule has 0 aliphatic heterocycles. The normalized spacial score (nSPS) is 11.9. The van der Waals surface area contributed by atoms with E-state index in [0.717, 1.165) is 14.2 Å². The van der Waals surface area contributed by atoms with Gasteiger partial charge in [-0.05, 0) is 49.0 Å². The molecule has 0 fully saturated rings. The molecule has 0 aliphatic carbocycles. The molecular weight excluding hydrogens is 385 g/mol. The predicted molar refractivity (Wildman–Crippen MR) is 105 cm³/mol. The number of thiazole rings is 1. The van der Waals surface area contributed by atoms with Crippen LogP contribution in [0.4, 0.5) is 4.39 Å². The number of aromatic nitrogens is 2. The van der Waals surface area contributed by atoms with Crippen molar-refractivity contribution < 1.29 is 12.8 Å². The lowest BCUT2D eigenvalue weighted by Gasteiger charge is -2.11. The number of halogens is 1. The Balaban J connectivity index is 1.92. The van der Waals surface area contributed by atoms with Gasteiger partial charge in [-0.25, -0.2) is 21.8 Å². The van der Waals surface area contributed by atoms with Gasteiger partial charge in [0.2, 0.25) is 0 Å². The maximum absolute atomic E-state index is 14.4. The van der Waals surface area contributed by atoms with E-state index in [-0.39, 0.29) is 16.2 Å². The van der Waals surface area contributed by atoms with Gasteiger partial charge in [-0.1, -0.05) is 12.1 Å². The predicted octanol–water partition coefficient (Wildman–Crippen LogP) is 3.86. The highest BCUT2D eigenvalue weighted by molar-refractivity contribution is 7.90. The summed E-state index contributed by atoms with van der Waals surface area (Å²) in [6.07, 6.45) is 1.53. The van der Waals surface area contributed by atoms with Gasteiger partial charge in [0, 0.05) is 18.3 Å². The minimum atomic E-state index is -3.91. The van der Waals surface area contributed by atoms with Crippen LogP contribution in [0.5, 0.6) is 0 Å². The number of nitrogens with one attached hydrogen (secondary N) is 1. The largest absolute Gasteiger partial charge is 0.316 e. The van der Waals surface area contributed by atoms with Crippen LogP contribution in [0.3, 0.4) is 0 Å². The molecule has 2 heterocycles. The summed E-state index contributed by atoms with van der Waals surface area (Å²) in [6, 6.07) is 12.7. The highest BCUT2D eigenvalue weighted by Gasteiger charge is 2.23. The van der Waals surface area contributed by atoms with Gasteiger partial charge in [0.15, 0.2) is 0 Å². The van der Waals surface area contributed by atoms with Crippen LogP contribution in [0.2, 0.25) is 0 Å². The Morgan fingerprint density at radius 2 is 2.00 bits per heavy atom. The molecule has 2 aromatic carbocycles. The maximum Gasteiger partial charge on any atom is 0.268 e. The molecule has 138 valence electrons. The minimum absolute atomic E-state index is 0.116. The first-order valence-electron chi connectivity index (χ1n) is 8.20. The second kappa shape index (κ2) is 6.88. The van der Waals surface area contributed by atoms with Crippen molar-refractivity contribution >= 4 is 31.6 Å². The Morgan fingerprint density at radius 1 is 1.19 bits per heavy atom. The molecule has 0 saturated carbocycles. The van der Waals surface area contributed by atoms with Crippen molar-refractivity contribution in [2.45, 2.75) is 11.4 Å². The van der Waals surface area contributed by atoms with Crippen LogP contribution in [0.15, 0.2) is 65.1 Å². The first-order valence-corrected chi connectivity index (χ1v) is 10.5. The SMILES string of the molecule is CNCc1cc(-c2ccccc2F)n(S(=O)(=O)c2ccc3scnc3c2)c1. The number of nitrogens with zero attached hydrogens (tertiary/aromatic N) is 2. The van der Waals surface area contributed by atoms with Crippen molar-refractivity contribution in [3.05, 3.63) is 71.6 Å². The average molecular weight is 401 g/mol. The number of fused-ring (bicyclic) bond motifs is 1. The summed E-state index contributed by atoms with van der Waals surface area (Å²) in [5, 5.41) is 2.99. The second-order valence-corrected chi connectivity index (χ2v) is 8.73. The van der Waals surface area contributed by atoms with Crippen molar-refractivity contribution in [1.29, 1.82) is 0 Å². The van der Waals surface area contributed by atoms with Crippen LogP contribution in [-0.2, 0) is 16.6 Å². The number of rotatable bonds is 5. The van der Waals surface area contributed by atoms with E-state index in [1.54, 1.807) is 55.0 Å². The Bertz CT molecular complexity index is 1230. The van der Waals surface area contributed by atoms with Crippen LogP contribution < -0.4 is 5.32 Å². The highest BCUT2D eigenvalue weighted by atomic mass is 32.2. The van der Waals surface area contributed by atoms with Crippen LogP contribution in [0, 0.1) is 5.82 Å². The maximum atomic E-state index is 14.4. The molecule has 0 amide bonds. The van der Waals surface area contributed by atoms with Crippen molar-refractivity contribution in [2.24, 2.45) is 0 Å². The molecular formula is C19H16FN3O2S2. The van der Waals surface area contributed by atoms with E-state index in [9.17, 15) is 12.8 Å². The van der Waals surface area contributed by atoms with E-state index in [0.29, 0.717) is 12.1 Å². The molecule has 0 atom stereocenters. The lowest BCUT2D eigenvalue weighted by molar-refractivity contribution is 0.587. The Morgan fingerprint density at radius 3 is 2.78 bits per heavy atom. The van der Waals surface area contributed by atoms with Crippen LogP contribution in [0.25, 0.3) is 21.5 Å². The molecule has 0 bridgehead atoms. The van der Waals surface area contributed by atoms with Crippen LogP contribution in [0.1, 0.15) is 5.56 Å². The Kier molecular flexibility index (Phi) is 4.55. The Hall–Kier alpha value is -2.55. The zero-order valence-electron chi connectivity index (χ0n) is 14.4. The summed E-state index contributed by atoms with van der Waals surface area (Å²) < 4.78 is 43.1. The van der Waals surface area contributed by atoms with Crippen molar-refractivity contribution in [3.63, 3.8) is 0 Å². The van der Waals surface area contributed by atoms with Gasteiger partial charge < -0.3 is 5.32 Å². The topological polar surface area (TPSA) is 64.0 Å². The van der Waals surface area contributed by atoms with E-state index >= 15 is 0 Å². The molecule has 0 spiro atoms. The summed E-state index contributed by atoms with van der Waals surface area (Å²) in [5.41, 5.74) is 3.56.